The molecular weight excluding hydrogens is 747 g/mol. The number of likely N-dealkylation sites (N-methyl/N-ethyl adjacent to an activating group) is 1. The zero-order chi connectivity index (χ0) is 42.2. The third-order valence-corrected chi connectivity index (χ3v) is 10.1. The minimum absolute atomic E-state index is 0.0829. The van der Waals surface area contributed by atoms with Crippen LogP contribution >= 0.6 is 0 Å². The van der Waals surface area contributed by atoms with Crippen molar-refractivity contribution in [3.63, 3.8) is 0 Å². The van der Waals surface area contributed by atoms with Crippen LogP contribution in [0.5, 0.6) is 0 Å². The van der Waals surface area contributed by atoms with E-state index >= 15 is 0 Å². The van der Waals surface area contributed by atoms with Gasteiger partial charge in [0, 0.05) is 70.2 Å². The van der Waals surface area contributed by atoms with Gasteiger partial charge in [-0.05, 0) is 87.9 Å². The Balaban J connectivity index is 1.02. The number of nitrogens with zero attached hydrogens (tertiary/aromatic N) is 4. The Labute approximate surface area is 349 Å². The van der Waals surface area contributed by atoms with Crippen LogP contribution in [-0.2, 0) is 25.6 Å². The molecule has 4 aromatic carbocycles. The fourth-order valence-electron chi connectivity index (χ4n) is 6.75. The highest BCUT2D eigenvalue weighted by Crippen LogP contribution is 2.28. The topological polar surface area (TPSA) is 121 Å². The fraction of sp³-hybridized carbons (Fsp3) is 0.404. The highest BCUT2D eigenvalue weighted by atomic mass is 16.6. The SMILES string of the molecule is CN(CCN1CCC(OC(=O)Nc2ccccc2-c2ccccc2)CC1)C(=O)CCCCCN(C(=O)OCc1ccccc1)c1ccc(N(C)C(=O)OC(C)(C)C)cc1. The number of piperidine rings is 1. The van der Waals surface area contributed by atoms with E-state index in [4.69, 9.17) is 14.2 Å². The Morgan fingerprint density at radius 1 is 0.729 bits per heavy atom. The van der Waals surface area contributed by atoms with Gasteiger partial charge < -0.3 is 24.0 Å². The number of carbonyl (C=O) groups excluding carboxylic acids is 4. The van der Waals surface area contributed by atoms with Crippen molar-refractivity contribution >= 4 is 41.2 Å². The smallest absolute Gasteiger partial charge is 0.414 e. The third-order valence-electron chi connectivity index (χ3n) is 10.1. The van der Waals surface area contributed by atoms with Gasteiger partial charge in [-0.2, -0.15) is 0 Å². The van der Waals surface area contributed by atoms with E-state index in [0.29, 0.717) is 49.4 Å². The van der Waals surface area contributed by atoms with Crippen molar-refractivity contribution < 1.29 is 33.4 Å². The van der Waals surface area contributed by atoms with E-state index < -0.39 is 23.9 Å². The molecule has 0 saturated carbocycles. The summed E-state index contributed by atoms with van der Waals surface area (Å²) in [4.78, 5) is 59.0. The van der Waals surface area contributed by atoms with Crippen LogP contribution in [0.15, 0.2) is 109 Å². The zero-order valence-electron chi connectivity index (χ0n) is 35.1. The van der Waals surface area contributed by atoms with Gasteiger partial charge in [-0.15, -0.1) is 0 Å². The van der Waals surface area contributed by atoms with E-state index in [9.17, 15) is 19.2 Å². The molecule has 5 rings (SSSR count). The summed E-state index contributed by atoms with van der Waals surface area (Å²) in [5, 5.41) is 2.93. The van der Waals surface area contributed by atoms with Gasteiger partial charge in [0.2, 0.25) is 5.91 Å². The maximum absolute atomic E-state index is 13.4. The van der Waals surface area contributed by atoms with E-state index in [-0.39, 0.29) is 18.6 Å². The number of likely N-dealkylation sites (tertiary alicyclic amines) is 1. The molecule has 12 nitrogen and oxygen atoms in total. The highest BCUT2D eigenvalue weighted by Gasteiger charge is 2.25. The molecule has 1 aliphatic rings. The minimum atomic E-state index is -0.625. The second-order valence-electron chi connectivity index (χ2n) is 15.9. The van der Waals surface area contributed by atoms with Crippen LogP contribution in [0.25, 0.3) is 11.1 Å². The number of hydrogen-bond donors (Lipinski definition) is 1. The van der Waals surface area contributed by atoms with Gasteiger partial charge in [-0.1, -0.05) is 85.3 Å². The van der Waals surface area contributed by atoms with Gasteiger partial charge in [-0.25, -0.2) is 14.4 Å². The van der Waals surface area contributed by atoms with Gasteiger partial charge in [0.1, 0.15) is 18.3 Å². The summed E-state index contributed by atoms with van der Waals surface area (Å²) in [6.45, 7) is 8.93. The summed E-state index contributed by atoms with van der Waals surface area (Å²) < 4.78 is 17.0. The van der Waals surface area contributed by atoms with Crippen LogP contribution in [0, 0.1) is 0 Å². The first-order valence-electron chi connectivity index (χ1n) is 20.5. The molecule has 12 heteroatoms. The van der Waals surface area contributed by atoms with Crippen LogP contribution in [0.2, 0.25) is 0 Å². The molecule has 0 aromatic heterocycles. The lowest BCUT2D eigenvalue weighted by Gasteiger charge is -2.32. The second-order valence-corrected chi connectivity index (χ2v) is 15.9. The molecule has 0 aliphatic carbocycles. The summed E-state index contributed by atoms with van der Waals surface area (Å²) in [5.41, 5.74) is 4.20. The first-order valence-corrected chi connectivity index (χ1v) is 20.5. The second kappa shape index (κ2) is 21.8. The fourth-order valence-corrected chi connectivity index (χ4v) is 6.75. The number of nitrogens with one attached hydrogen (secondary N) is 1. The van der Waals surface area contributed by atoms with Gasteiger partial charge in [0.25, 0.3) is 0 Å². The van der Waals surface area contributed by atoms with Crippen molar-refractivity contribution in [1.82, 2.24) is 9.80 Å². The van der Waals surface area contributed by atoms with Gasteiger partial charge >= 0.3 is 18.3 Å². The number of carbonyl (C=O) groups is 4. The average Bonchev–Trinajstić information content (AvgIpc) is 3.23. The number of ether oxygens (including phenoxy) is 3. The molecule has 0 bridgehead atoms. The van der Waals surface area contributed by atoms with Crippen molar-refractivity contribution in [2.75, 3.05) is 61.9 Å². The van der Waals surface area contributed by atoms with Gasteiger partial charge in [0.05, 0.1) is 5.69 Å². The molecule has 0 atom stereocenters. The minimum Gasteiger partial charge on any atom is -0.446 e. The lowest BCUT2D eigenvalue weighted by molar-refractivity contribution is -0.130. The summed E-state index contributed by atoms with van der Waals surface area (Å²) in [7, 11) is 3.48. The zero-order valence-corrected chi connectivity index (χ0v) is 35.1. The Morgan fingerprint density at radius 2 is 1.36 bits per heavy atom. The number of anilines is 3. The van der Waals surface area contributed by atoms with Crippen LogP contribution in [0.1, 0.15) is 64.9 Å². The van der Waals surface area contributed by atoms with Crippen LogP contribution in [-0.4, -0.2) is 92.5 Å². The summed E-state index contributed by atoms with van der Waals surface area (Å²) >= 11 is 0. The molecule has 314 valence electrons. The molecule has 1 fully saturated rings. The molecule has 0 spiro atoms. The van der Waals surface area contributed by atoms with Crippen molar-refractivity contribution in [2.24, 2.45) is 0 Å². The average molecular weight is 806 g/mol. The van der Waals surface area contributed by atoms with E-state index in [1.807, 2.05) is 113 Å². The number of unbranched alkanes of at least 4 members (excludes halogenated alkanes) is 2. The molecule has 0 radical (unpaired) electrons. The number of hydrogen-bond acceptors (Lipinski definition) is 8. The molecule has 0 unspecified atom stereocenters. The van der Waals surface area contributed by atoms with Crippen LogP contribution < -0.4 is 15.1 Å². The molecule has 59 heavy (non-hydrogen) atoms. The van der Waals surface area contributed by atoms with Gasteiger partial charge in [0.15, 0.2) is 0 Å². The van der Waals surface area contributed by atoms with Crippen molar-refractivity contribution in [1.29, 1.82) is 0 Å². The van der Waals surface area contributed by atoms with Crippen molar-refractivity contribution in [3.05, 3.63) is 115 Å². The summed E-state index contributed by atoms with van der Waals surface area (Å²) in [5.74, 6) is 0.0829. The Kier molecular flexibility index (Phi) is 16.3. The lowest BCUT2D eigenvalue weighted by atomic mass is 10.0. The van der Waals surface area contributed by atoms with E-state index in [1.165, 1.54) is 4.90 Å². The largest absolute Gasteiger partial charge is 0.446 e. The van der Waals surface area contributed by atoms with Crippen LogP contribution in [0.4, 0.5) is 31.4 Å². The molecule has 1 saturated heterocycles. The molecule has 1 aliphatic heterocycles. The normalized spacial score (nSPS) is 13.2. The van der Waals surface area contributed by atoms with Crippen LogP contribution in [0.3, 0.4) is 0 Å². The number of amides is 4. The molecule has 1 heterocycles. The van der Waals surface area contributed by atoms with Crippen molar-refractivity contribution in [3.8, 4) is 11.1 Å². The third kappa shape index (κ3) is 14.2. The Morgan fingerprint density at radius 3 is 2.03 bits per heavy atom. The lowest BCUT2D eigenvalue weighted by Crippen LogP contribution is -2.42. The predicted molar refractivity (Wildman–Crippen MR) is 233 cm³/mol. The van der Waals surface area contributed by atoms with Crippen molar-refractivity contribution in [2.45, 2.75) is 77.6 Å². The number of rotatable bonds is 16. The van der Waals surface area contributed by atoms with E-state index in [1.54, 1.807) is 41.1 Å². The molecule has 4 aromatic rings. The van der Waals surface area contributed by atoms with E-state index in [0.717, 1.165) is 55.6 Å². The summed E-state index contributed by atoms with van der Waals surface area (Å²) in [6, 6.07) is 34.3. The first kappa shape index (κ1) is 44.2. The molecule has 4 amide bonds. The number of para-hydroxylation sites is 1. The number of benzene rings is 4. The standard InChI is InChI=1S/C47H59N5O7/c1-47(2,3)59-45(55)50(5)38-24-26-39(27-25-38)52(46(56)57-35-36-17-9-6-10-18-36)30-16-8-13-23-43(53)49(4)33-34-51-31-28-40(29-32-51)58-44(54)48-42-22-15-14-21-41(42)37-19-11-7-12-20-37/h6-7,9-12,14-15,17-22,24-27,40H,8,13,16,23,28-35H2,1-5H3,(H,48,54). The molecule has 1 N–H and O–H groups in total. The highest BCUT2D eigenvalue weighted by molar-refractivity contribution is 5.92. The Bertz CT molecular complexity index is 1950. The monoisotopic (exact) mass is 805 g/mol. The quantitative estimate of drug-likeness (QED) is 0.0879. The summed E-state index contributed by atoms with van der Waals surface area (Å²) in [6.07, 6.45) is 2.43. The maximum Gasteiger partial charge on any atom is 0.414 e. The van der Waals surface area contributed by atoms with E-state index in [2.05, 4.69) is 10.2 Å². The molecular formula is C47H59N5O7. The maximum atomic E-state index is 13.4. The Hall–Kier alpha value is -5.88. The predicted octanol–water partition coefficient (Wildman–Crippen LogP) is 9.60. The van der Waals surface area contributed by atoms with Gasteiger partial charge in [-0.3, -0.25) is 19.9 Å². The first-order chi connectivity index (χ1) is 28.4.